The van der Waals surface area contributed by atoms with Crippen molar-refractivity contribution in [3.05, 3.63) is 29.8 Å². The molecule has 0 heterocycles. The minimum Gasteiger partial charge on any atom is -0.410 e. The highest BCUT2D eigenvalue weighted by Crippen LogP contribution is 2.45. The van der Waals surface area contributed by atoms with Crippen LogP contribution in [0.4, 0.5) is 4.79 Å². The number of carbonyl (C=O) groups is 1. The summed E-state index contributed by atoms with van der Waals surface area (Å²) in [5.74, 6) is 0.699. The van der Waals surface area contributed by atoms with Crippen LogP contribution in [0.5, 0.6) is 5.75 Å². The van der Waals surface area contributed by atoms with Crippen molar-refractivity contribution in [2.45, 2.75) is 79.1 Å². The van der Waals surface area contributed by atoms with Gasteiger partial charge in [-0.15, -0.1) is 0 Å². The molecule has 25 heavy (non-hydrogen) atoms. The van der Waals surface area contributed by atoms with Gasteiger partial charge in [0.25, 0.3) is 0 Å². The van der Waals surface area contributed by atoms with Gasteiger partial charge in [0.05, 0.1) is 0 Å². The van der Waals surface area contributed by atoms with Crippen LogP contribution in [-0.4, -0.2) is 12.6 Å². The minimum atomic E-state index is -0.326. The maximum absolute atomic E-state index is 12.3. The van der Waals surface area contributed by atoms with E-state index in [2.05, 4.69) is 39.1 Å². The van der Waals surface area contributed by atoms with Crippen molar-refractivity contribution in [3.8, 4) is 5.75 Å². The van der Waals surface area contributed by atoms with Crippen LogP contribution in [0.1, 0.15) is 78.2 Å². The molecule has 1 aromatic rings. The van der Waals surface area contributed by atoms with Gasteiger partial charge >= 0.3 is 6.09 Å². The predicted octanol–water partition coefficient (Wildman–Crippen LogP) is 6.11. The molecule has 2 rings (SSSR count). The van der Waals surface area contributed by atoms with E-state index in [9.17, 15) is 4.79 Å². The maximum atomic E-state index is 12.3. The smallest absolute Gasteiger partial charge is 0.410 e. The molecule has 0 bridgehead atoms. The third kappa shape index (κ3) is 6.37. The van der Waals surface area contributed by atoms with Gasteiger partial charge < -0.3 is 10.1 Å². The second-order valence-electron chi connectivity index (χ2n) is 8.81. The molecule has 1 atom stereocenters. The Morgan fingerprint density at radius 2 is 1.92 bits per heavy atom. The number of carbonyl (C=O) groups excluding carboxylic acids is 1. The molecule has 140 valence electrons. The Morgan fingerprint density at radius 1 is 1.16 bits per heavy atom. The van der Waals surface area contributed by atoms with Crippen molar-refractivity contribution in [1.29, 1.82) is 0 Å². The summed E-state index contributed by atoms with van der Waals surface area (Å²) in [5, 5.41) is 3.01. The second kappa shape index (κ2) is 8.73. The Morgan fingerprint density at radius 3 is 2.64 bits per heavy atom. The molecule has 1 N–H and O–H groups in total. The van der Waals surface area contributed by atoms with Gasteiger partial charge in [-0.3, -0.25) is 0 Å². The highest BCUT2D eigenvalue weighted by molar-refractivity contribution is 5.70. The number of para-hydroxylation sites is 1. The molecular formula is C22H35NO2. The standard InChI is InChI=1S/C22H35NO2/c1-5-6-7-11-18-12-8-9-13-19(18)25-20(24)23-17-22(4)15-10-14-21(2,3)16-22/h8-9,12-13H,5-7,10-11,14-17H2,1-4H3,(H,23,24). The number of unbranched alkanes of at least 4 members (excludes halogenated alkanes) is 2. The first-order valence-electron chi connectivity index (χ1n) is 9.87. The third-order valence-electron chi connectivity index (χ3n) is 5.42. The van der Waals surface area contributed by atoms with Crippen LogP contribution in [0, 0.1) is 10.8 Å². The lowest BCUT2D eigenvalue weighted by molar-refractivity contribution is 0.0969. The van der Waals surface area contributed by atoms with Crippen molar-refractivity contribution >= 4 is 6.09 Å². The summed E-state index contributed by atoms with van der Waals surface area (Å²) in [6.07, 6.45) is 8.99. The van der Waals surface area contributed by atoms with Gasteiger partial charge in [-0.05, 0) is 54.6 Å². The van der Waals surface area contributed by atoms with Gasteiger partial charge in [-0.2, -0.15) is 0 Å². The van der Waals surface area contributed by atoms with E-state index in [1.54, 1.807) is 0 Å². The lowest BCUT2D eigenvalue weighted by Gasteiger charge is -2.42. The van der Waals surface area contributed by atoms with Crippen molar-refractivity contribution in [3.63, 3.8) is 0 Å². The molecule has 0 aliphatic heterocycles. The van der Waals surface area contributed by atoms with E-state index >= 15 is 0 Å². The number of benzene rings is 1. The zero-order valence-electron chi connectivity index (χ0n) is 16.5. The van der Waals surface area contributed by atoms with Crippen LogP contribution in [0.25, 0.3) is 0 Å². The summed E-state index contributed by atoms with van der Waals surface area (Å²) >= 11 is 0. The van der Waals surface area contributed by atoms with Crippen LogP contribution in [0.2, 0.25) is 0 Å². The van der Waals surface area contributed by atoms with E-state index in [1.807, 2.05) is 18.2 Å². The zero-order chi connectivity index (χ0) is 18.3. The summed E-state index contributed by atoms with van der Waals surface area (Å²) in [5.41, 5.74) is 1.66. The summed E-state index contributed by atoms with van der Waals surface area (Å²) < 4.78 is 5.61. The fraction of sp³-hybridized carbons (Fsp3) is 0.682. The van der Waals surface area contributed by atoms with Crippen molar-refractivity contribution in [2.24, 2.45) is 10.8 Å². The molecule has 1 aliphatic carbocycles. The van der Waals surface area contributed by atoms with Gasteiger partial charge in [-0.25, -0.2) is 4.79 Å². The Labute approximate surface area is 153 Å². The van der Waals surface area contributed by atoms with E-state index in [0.29, 0.717) is 17.7 Å². The molecule has 1 aromatic carbocycles. The molecule has 3 nitrogen and oxygen atoms in total. The van der Waals surface area contributed by atoms with Crippen LogP contribution >= 0.6 is 0 Å². The number of aryl methyl sites for hydroxylation is 1. The number of amides is 1. The molecule has 1 saturated carbocycles. The number of hydrogen-bond donors (Lipinski definition) is 1. The summed E-state index contributed by atoms with van der Waals surface area (Å²) in [4.78, 5) is 12.3. The van der Waals surface area contributed by atoms with Crippen molar-refractivity contribution in [2.75, 3.05) is 6.54 Å². The third-order valence-corrected chi connectivity index (χ3v) is 5.42. The zero-order valence-corrected chi connectivity index (χ0v) is 16.5. The van der Waals surface area contributed by atoms with Crippen LogP contribution < -0.4 is 10.1 Å². The number of nitrogens with one attached hydrogen (secondary N) is 1. The van der Waals surface area contributed by atoms with E-state index in [1.165, 1.54) is 32.1 Å². The fourth-order valence-electron chi connectivity index (χ4n) is 4.27. The molecule has 3 heteroatoms. The van der Waals surface area contributed by atoms with E-state index in [-0.39, 0.29) is 11.5 Å². The molecule has 0 aromatic heterocycles. The average molecular weight is 346 g/mol. The highest BCUT2D eigenvalue weighted by atomic mass is 16.6. The van der Waals surface area contributed by atoms with Crippen LogP contribution in [0.3, 0.4) is 0 Å². The summed E-state index contributed by atoms with van der Waals surface area (Å²) in [6, 6.07) is 7.89. The number of rotatable bonds is 7. The largest absolute Gasteiger partial charge is 0.412 e. The van der Waals surface area contributed by atoms with E-state index < -0.39 is 0 Å². The molecule has 0 saturated heterocycles. The van der Waals surface area contributed by atoms with Gasteiger partial charge in [0.1, 0.15) is 5.75 Å². The van der Waals surface area contributed by atoms with E-state index in [4.69, 9.17) is 4.74 Å². The number of ether oxygens (including phenoxy) is 1. The molecular weight excluding hydrogens is 310 g/mol. The molecule has 1 fully saturated rings. The first kappa shape index (κ1) is 19.8. The van der Waals surface area contributed by atoms with Gasteiger partial charge in [0.2, 0.25) is 0 Å². The molecule has 1 amide bonds. The normalized spacial score (nSPS) is 22.4. The Bertz CT molecular complexity index is 567. The van der Waals surface area contributed by atoms with Crippen molar-refractivity contribution < 1.29 is 9.53 Å². The Balaban J connectivity index is 1.88. The van der Waals surface area contributed by atoms with Gasteiger partial charge in [0, 0.05) is 6.54 Å². The fourth-order valence-corrected chi connectivity index (χ4v) is 4.27. The van der Waals surface area contributed by atoms with Crippen LogP contribution in [-0.2, 0) is 6.42 Å². The summed E-state index contributed by atoms with van der Waals surface area (Å²) in [7, 11) is 0. The first-order valence-corrected chi connectivity index (χ1v) is 9.87. The van der Waals surface area contributed by atoms with Crippen molar-refractivity contribution in [1.82, 2.24) is 5.32 Å². The monoisotopic (exact) mass is 345 g/mol. The quantitative estimate of drug-likeness (QED) is 0.605. The molecule has 1 aliphatic rings. The number of hydrogen-bond acceptors (Lipinski definition) is 2. The second-order valence-corrected chi connectivity index (χ2v) is 8.81. The Hall–Kier alpha value is -1.51. The maximum Gasteiger partial charge on any atom is 0.412 e. The molecule has 0 radical (unpaired) electrons. The lowest BCUT2D eigenvalue weighted by atomic mass is 9.64. The summed E-state index contributed by atoms with van der Waals surface area (Å²) in [6.45, 7) is 9.83. The van der Waals surface area contributed by atoms with Gasteiger partial charge in [0.15, 0.2) is 0 Å². The minimum absolute atomic E-state index is 0.168. The average Bonchev–Trinajstić information content (AvgIpc) is 2.54. The highest BCUT2D eigenvalue weighted by Gasteiger charge is 2.36. The predicted molar refractivity (Wildman–Crippen MR) is 104 cm³/mol. The first-order chi connectivity index (χ1) is 11.8. The van der Waals surface area contributed by atoms with E-state index in [0.717, 1.165) is 24.8 Å². The topological polar surface area (TPSA) is 38.3 Å². The molecule has 0 spiro atoms. The Kier molecular flexibility index (Phi) is 6.92. The SMILES string of the molecule is CCCCCc1ccccc1OC(=O)NCC1(C)CCCC(C)(C)C1. The lowest BCUT2D eigenvalue weighted by Crippen LogP contribution is -2.41. The molecule has 1 unspecified atom stereocenters. The van der Waals surface area contributed by atoms with Gasteiger partial charge in [-0.1, -0.05) is 65.2 Å². The van der Waals surface area contributed by atoms with Crippen LogP contribution in [0.15, 0.2) is 24.3 Å².